The van der Waals surface area contributed by atoms with E-state index in [0.29, 0.717) is 17.5 Å². The van der Waals surface area contributed by atoms with E-state index in [9.17, 15) is 0 Å². The molecular weight excluding hydrogens is 769 g/mol. The van der Waals surface area contributed by atoms with Gasteiger partial charge in [0.25, 0.3) is 0 Å². The van der Waals surface area contributed by atoms with Crippen molar-refractivity contribution in [3.05, 3.63) is 206 Å². The van der Waals surface area contributed by atoms with E-state index in [0.717, 1.165) is 88.1 Å². The van der Waals surface area contributed by atoms with Crippen LogP contribution in [0.15, 0.2) is 211 Å². The summed E-state index contributed by atoms with van der Waals surface area (Å²) in [5.41, 5.74) is 9.36. The van der Waals surface area contributed by atoms with Gasteiger partial charge in [-0.2, -0.15) is 0 Å². The number of para-hydroxylation sites is 2. The van der Waals surface area contributed by atoms with E-state index in [2.05, 4.69) is 170 Å². The van der Waals surface area contributed by atoms with Gasteiger partial charge in [0.05, 0.1) is 11.2 Å². The van der Waals surface area contributed by atoms with Crippen molar-refractivity contribution in [2.75, 3.05) is 0 Å². The first-order valence-electron chi connectivity index (χ1n) is 21.2. The number of hydrogen-bond donors (Lipinski definition) is 0. The molecule has 292 valence electrons. The number of furan rings is 1. The molecule has 0 aliphatic carbocycles. The number of benzene rings is 10. The summed E-state index contributed by atoms with van der Waals surface area (Å²) in [4.78, 5) is 21.0. The molecule has 0 saturated heterocycles. The topological polar surface area (TPSA) is 64.7 Å². The van der Waals surface area contributed by atoms with Gasteiger partial charge in [-0.15, -0.1) is 0 Å². The lowest BCUT2D eigenvalue weighted by Gasteiger charge is -2.16. The van der Waals surface area contributed by atoms with E-state index >= 15 is 0 Å². The normalized spacial score (nSPS) is 11.8. The highest BCUT2D eigenvalue weighted by atomic mass is 16.3. The molecule has 10 aromatic carbocycles. The van der Waals surface area contributed by atoms with Crippen LogP contribution in [0, 0.1) is 0 Å². The number of nitrogens with zero attached hydrogens (tertiary/aromatic N) is 4. The van der Waals surface area contributed by atoms with Crippen LogP contribution in [0.3, 0.4) is 0 Å². The predicted molar refractivity (Wildman–Crippen MR) is 260 cm³/mol. The molecule has 0 N–H and O–H groups in total. The molecule has 0 bridgehead atoms. The second-order valence-corrected chi connectivity index (χ2v) is 16.1. The lowest BCUT2D eigenvalue weighted by Crippen LogP contribution is -2.00. The van der Waals surface area contributed by atoms with Crippen molar-refractivity contribution in [3.63, 3.8) is 0 Å². The van der Waals surface area contributed by atoms with Crippen molar-refractivity contribution < 1.29 is 4.42 Å². The molecule has 3 aromatic heterocycles. The molecule has 5 nitrogen and oxygen atoms in total. The van der Waals surface area contributed by atoms with Gasteiger partial charge < -0.3 is 4.42 Å². The van der Waals surface area contributed by atoms with Gasteiger partial charge in [-0.3, -0.25) is 0 Å². The third kappa shape index (κ3) is 5.64. The minimum absolute atomic E-state index is 0.592. The quantitative estimate of drug-likeness (QED) is 0.162. The van der Waals surface area contributed by atoms with Crippen LogP contribution in [-0.4, -0.2) is 19.9 Å². The summed E-state index contributed by atoms with van der Waals surface area (Å²) in [6, 6.07) is 72.1. The summed E-state index contributed by atoms with van der Waals surface area (Å²) in [5.74, 6) is 1.82. The zero-order valence-corrected chi connectivity index (χ0v) is 33.8. The number of pyridine rings is 1. The first-order valence-corrected chi connectivity index (χ1v) is 21.2. The van der Waals surface area contributed by atoms with Gasteiger partial charge in [0.1, 0.15) is 11.2 Å². The molecule has 0 aliphatic heterocycles. The van der Waals surface area contributed by atoms with Crippen LogP contribution in [0.4, 0.5) is 0 Å². The van der Waals surface area contributed by atoms with E-state index < -0.39 is 0 Å². The van der Waals surface area contributed by atoms with Crippen LogP contribution in [-0.2, 0) is 0 Å². The van der Waals surface area contributed by atoms with Crippen molar-refractivity contribution >= 4 is 75.9 Å². The minimum atomic E-state index is 0.592. The Balaban J connectivity index is 1.07. The highest BCUT2D eigenvalue weighted by Gasteiger charge is 2.23. The van der Waals surface area contributed by atoms with Crippen LogP contribution < -0.4 is 0 Å². The van der Waals surface area contributed by atoms with Gasteiger partial charge in [-0.05, 0) is 68.2 Å². The standard InChI is InChI=1S/C58H34N4O/c1-3-16-35(17-4-1)55-48-34-51-54(46-27-12-14-29-50(46)63-51)52(53(48)45-26-11-13-28-49(45)59-55)37-20-15-21-38(32-37)57-60-56(36-18-5-2-6-19-36)61-58(62-57)39-30-31-44-42-24-8-7-22-40(42)41-23-9-10-25-43(41)47(44)33-39/h1-34H. The molecule has 0 spiro atoms. The van der Waals surface area contributed by atoms with Gasteiger partial charge in [0.15, 0.2) is 17.5 Å². The monoisotopic (exact) mass is 802 g/mol. The summed E-state index contributed by atoms with van der Waals surface area (Å²) >= 11 is 0. The van der Waals surface area contributed by atoms with E-state index in [1.165, 1.54) is 26.9 Å². The molecule has 0 amide bonds. The number of aromatic nitrogens is 4. The molecule has 5 heteroatoms. The predicted octanol–water partition coefficient (Wildman–Crippen LogP) is 15.3. The third-order valence-corrected chi connectivity index (χ3v) is 12.5. The Hall–Kier alpha value is -8.54. The molecular formula is C58H34N4O. The molecule has 0 aliphatic rings. The summed E-state index contributed by atoms with van der Waals surface area (Å²) in [6.07, 6.45) is 0. The molecule has 0 unspecified atom stereocenters. The molecule has 0 atom stereocenters. The highest BCUT2D eigenvalue weighted by molar-refractivity contribution is 6.28. The van der Waals surface area contributed by atoms with E-state index in [1.54, 1.807) is 0 Å². The molecule has 3 heterocycles. The Kier molecular flexibility index (Phi) is 7.84. The second-order valence-electron chi connectivity index (χ2n) is 16.1. The van der Waals surface area contributed by atoms with Crippen molar-refractivity contribution in [3.8, 4) is 56.5 Å². The van der Waals surface area contributed by atoms with Crippen LogP contribution in [0.2, 0.25) is 0 Å². The first kappa shape index (κ1) is 35.2. The lowest BCUT2D eigenvalue weighted by molar-refractivity contribution is 0.669. The van der Waals surface area contributed by atoms with Gasteiger partial charge in [0, 0.05) is 54.7 Å². The molecule has 13 aromatic rings. The maximum Gasteiger partial charge on any atom is 0.164 e. The maximum absolute atomic E-state index is 6.69. The van der Waals surface area contributed by atoms with E-state index in [1.807, 2.05) is 36.4 Å². The van der Waals surface area contributed by atoms with Gasteiger partial charge in [-0.1, -0.05) is 176 Å². The summed E-state index contributed by atoms with van der Waals surface area (Å²) in [6.45, 7) is 0. The number of rotatable bonds is 5. The van der Waals surface area contributed by atoms with Crippen molar-refractivity contribution in [2.24, 2.45) is 0 Å². The summed E-state index contributed by atoms with van der Waals surface area (Å²) in [7, 11) is 0. The third-order valence-electron chi connectivity index (χ3n) is 12.5. The van der Waals surface area contributed by atoms with Crippen molar-refractivity contribution in [2.45, 2.75) is 0 Å². The summed E-state index contributed by atoms with van der Waals surface area (Å²) < 4.78 is 6.69. The largest absolute Gasteiger partial charge is 0.456 e. The minimum Gasteiger partial charge on any atom is -0.456 e. The van der Waals surface area contributed by atoms with Crippen molar-refractivity contribution in [1.29, 1.82) is 0 Å². The molecule has 63 heavy (non-hydrogen) atoms. The number of hydrogen-bond acceptors (Lipinski definition) is 5. The van der Waals surface area contributed by atoms with Crippen LogP contribution in [0.5, 0.6) is 0 Å². The Labute approximate surface area is 361 Å². The second kappa shape index (κ2) is 14.0. The Morgan fingerprint density at radius 3 is 1.48 bits per heavy atom. The lowest BCUT2D eigenvalue weighted by atomic mass is 9.89. The average molecular weight is 803 g/mol. The molecule has 0 saturated carbocycles. The maximum atomic E-state index is 6.69. The van der Waals surface area contributed by atoms with Gasteiger partial charge >= 0.3 is 0 Å². The zero-order valence-electron chi connectivity index (χ0n) is 33.8. The zero-order chi connectivity index (χ0) is 41.4. The fraction of sp³-hybridized carbons (Fsp3) is 0. The van der Waals surface area contributed by atoms with Crippen LogP contribution in [0.25, 0.3) is 132 Å². The molecule has 13 rings (SSSR count). The van der Waals surface area contributed by atoms with Crippen LogP contribution in [0.1, 0.15) is 0 Å². The van der Waals surface area contributed by atoms with Gasteiger partial charge in [-0.25, -0.2) is 19.9 Å². The first-order chi connectivity index (χ1) is 31.2. The Morgan fingerprint density at radius 1 is 0.270 bits per heavy atom. The molecule has 0 radical (unpaired) electrons. The highest BCUT2D eigenvalue weighted by Crippen LogP contribution is 2.47. The molecule has 0 fully saturated rings. The van der Waals surface area contributed by atoms with Crippen molar-refractivity contribution in [1.82, 2.24) is 19.9 Å². The van der Waals surface area contributed by atoms with E-state index in [4.69, 9.17) is 24.4 Å². The number of fused-ring (bicyclic) bond motifs is 12. The van der Waals surface area contributed by atoms with Crippen LogP contribution >= 0.6 is 0 Å². The Morgan fingerprint density at radius 2 is 0.778 bits per heavy atom. The SMILES string of the molecule is c1ccc(-c2nc(-c3cccc(-c4c5c(cc6c(-c7ccccc7)nc7ccccc7c46)oc4ccccc45)c3)nc(-c3ccc4c5ccccc5c5ccccc5c4c3)n2)cc1. The van der Waals surface area contributed by atoms with Gasteiger partial charge in [0.2, 0.25) is 0 Å². The Bertz CT molecular complexity index is 3940. The smallest absolute Gasteiger partial charge is 0.164 e. The van der Waals surface area contributed by atoms with E-state index in [-0.39, 0.29) is 0 Å². The average Bonchev–Trinajstić information content (AvgIpc) is 3.74. The fourth-order valence-electron chi connectivity index (χ4n) is 9.63. The summed E-state index contributed by atoms with van der Waals surface area (Å²) in [5, 5.41) is 12.6. The fourth-order valence-corrected chi connectivity index (χ4v) is 9.63.